The van der Waals surface area contributed by atoms with E-state index < -0.39 is 0 Å². The Hall–Kier alpha value is -1.06. The smallest absolute Gasteiger partial charge is 0.324 e. The molecule has 4 heteroatoms. The number of hydrogen-bond acceptors (Lipinski definition) is 2. The van der Waals surface area contributed by atoms with Gasteiger partial charge in [0.25, 0.3) is 0 Å². The third-order valence-corrected chi connectivity index (χ3v) is 3.47. The second kappa shape index (κ2) is 4.21. The highest BCUT2D eigenvalue weighted by Crippen LogP contribution is 2.26. The van der Waals surface area contributed by atoms with Crippen molar-refractivity contribution in [3.63, 3.8) is 0 Å². The third-order valence-electron chi connectivity index (χ3n) is 3.47. The molecule has 2 aliphatic rings. The summed E-state index contributed by atoms with van der Waals surface area (Å²) in [6, 6.07) is -0.0514. The zero-order valence-electron chi connectivity index (χ0n) is 9.16. The largest absolute Gasteiger partial charge is 0.329 e. The monoisotopic (exact) mass is 210 g/mol. The molecule has 84 valence electrons. The molecule has 1 N–H and O–H groups in total. The molecule has 15 heavy (non-hydrogen) atoms. The third kappa shape index (κ3) is 2.13. The number of amides is 3. The second-order valence-electron chi connectivity index (χ2n) is 4.69. The van der Waals surface area contributed by atoms with Gasteiger partial charge in [0.15, 0.2) is 0 Å². The van der Waals surface area contributed by atoms with Crippen LogP contribution >= 0.6 is 0 Å². The molecular weight excluding hydrogens is 192 g/mol. The van der Waals surface area contributed by atoms with Crippen molar-refractivity contribution < 1.29 is 9.59 Å². The first-order valence-corrected chi connectivity index (χ1v) is 5.78. The Bertz CT molecular complexity index is 262. The topological polar surface area (TPSA) is 49.4 Å². The van der Waals surface area contributed by atoms with E-state index in [9.17, 15) is 9.59 Å². The minimum Gasteiger partial charge on any atom is -0.329 e. The number of urea groups is 1. The normalized spacial score (nSPS) is 32.7. The van der Waals surface area contributed by atoms with Crippen molar-refractivity contribution in [3.05, 3.63) is 0 Å². The van der Waals surface area contributed by atoms with Crippen molar-refractivity contribution in [1.82, 2.24) is 10.2 Å². The maximum absolute atomic E-state index is 11.5. The summed E-state index contributed by atoms with van der Waals surface area (Å²) in [7, 11) is 0. The lowest BCUT2D eigenvalue weighted by molar-refractivity contribution is -0.126. The van der Waals surface area contributed by atoms with Crippen LogP contribution in [0.25, 0.3) is 0 Å². The van der Waals surface area contributed by atoms with E-state index in [2.05, 4.69) is 12.2 Å². The number of hydrogen-bond donors (Lipinski definition) is 1. The summed E-state index contributed by atoms with van der Waals surface area (Å²) in [4.78, 5) is 24.4. The van der Waals surface area contributed by atoms with Crippen LogP contribution in [0, 0.1) is 5.92 Å². The predicted octanol–water partition coefficient (Wildman–Crippen LogP) is 1.51. The molecular formula is C11H18N2O2. The summed E-state index contributed by atoms with van der Waals surface area (Å²) in [6.07, 6.45) is 5.43. The van der Waals surface area contributed by atoms with Gasteiger partial charge < -0.3 is 5.32 Å². The van der Waals surface area contributed by atoms with Gasteiger partial charge in [-0.05, 0) is 25.2 Å². The summed E-state index contributed by atoms with van der Waals surface area (Å²) in [5, 5.41) is 2.59. The summed E-state index contributed by atoms with van der Waals surface area (Å²) in [6.45, 7) is 2.43. The summed E-state index contributed by atoms with van der Waals surface area (Å²) < 4.78 is 0. The van der Waals surface area contributed by atoms with E-state index in [-0.39, 0.29) is 24.5 Å². The number of carbonyl (C=O) groups excluding carboxylic acids is 2. The van der Waals surface area contributed by atoms with Crippen LogP contribution in [0.5, 0.6) is 0 Å². The van der Waals surface area contributed by atoms with Gasteiger partial charge in [0.1, 0.15) is 0 Å². The first kappa shape index (κ1) is 10.5. The minimum absolute atomic E-state index is 0.0560. The highest BCUT2D eigenvalue weighted by Gasteiger charge is 2.35. The Labute approximate surface area is 90.0 Å². The lowest BCUT2D eigenvalue weighted by atomic mass is 10.0. The predicted molar refractivity (Wildman–Crippen MR) is 56.3 cm³/mol. The zero-order chi connectivity index (χ0) is 10.8. The Balaban J connectivity index is 2.03. The van der Waals surface area contributed by atoms with Crippen LogP contribution in [-0.2, 0) is 4.79 Å². The highest BCUT2D eigenvalue weighted by molar-refractivity contribution is 6.02. The fraction of sp³-hybridized carbons (Fsp3) is 0.818. The molecule has 1 saturated heterocycles. The molecule has 1 saturated carbocycles. The number of nitrogens with one attached hydrogen (secondary N) is 1. The van der Waals surface area contributed by atoms with Gasteiger partial charge >= 0.3 is 6.03 Å². The molecule has 2 fully saturated rings. The van der Waals surface area contributed by atoms with Gasteiger partial charge in [0.05, 0.1) is 6.54 Å². The van der Waals surface area contributed by atoms with E-state index in [0.29, 0.717) is 0 Å². The maximum atomic E-state index is 11.5. The summed E-state index contributed by atoms with van der Waals surface area (Å²) in [5.74, 6) is 0.676. The molecule has 2 unspecified atom stereocenters. The fourth-order valence-corrected chi connectivity index (χ4v) is 2.53. The maximum Gasteiger partial charge on any atom is 0.324 e. The first-order chi connectivity index (χ1) is 7.18. The Morgan fingerprint density at radius 2 is 2.00 bits per heavy atom. The lowest BCUT2D eigenvalue weighted by Crippen LogP contribution is -2.40. The SMILES string of the molecule is CC1CCCC(N2C(=O)CNC2=O)CC1. The first-order valence-electron chi connectivity index (χ1n) is 5.78. The van der Waals surface area contributed by atoms with Gasteiger partial charge in [-0.1, -0.05) is 19.8 Å². The average molecular weight is 210 g/mol. The van der Waals surface area contributed by atoms with Crippen molar-refractivity contribution >= 4 is 11.9 Å². The quantitative estimate of drug-likeness (QED) is 0.527. The van der Waals surface area contributed by atoms with Crippen LogP contribution in [0.4, 0.5) is 4.79 Å². The van der Waals surface area contributed by atoms with Crippen LogP contribution < -0.4 is 5.32 Å². The molecule has 0 spiro atoms. The summed E-state index contributed by atoms with van der Waals surface area (Å²) in [5.41, 5.74) is 0. The van der Waals surface area contributed by atoms with E-state index in [0.717, 1.165) is 31.6 Å². The van der Waals surface area contributed by atoms with E-state index in [1.165, 1.54) is 11.3 Å². The number of rotatable bonds is 1. The molecule has 2 atom stereocenters. The van der Waals surface area contributed by atoms with Crippen molar-refractivity contribution in [1.29, 1.82) is 0 Å². The molecule has 2 rings (SSSR count). The Morgan fingerprint density at radius 1 is 1.20 bits per heavy atom. The molecule has 1 aliphatic heterocycles. The Morgan fingerprint density at radius 3 is 2.67 bits per heavy atom. The van der Waals surface area contributed by atoms with Crippen LogP contribution in [0.1, 0.15) is 39.0 Å². The minimum atomic E-state index is -0.195. The molecule has 0 aromatic carbocycles. The van der Waals surface area contributed by atoms with Crippen LogP contribution in [0.3, 0.4) is 0 Å². The van der Waals surface area contributed by atoms with Gasteiger partial charge in [0.2, 0.25) is 5.91 Å². The van der Waals surface area contributed by atoms with Crippen molar-refractivity contribution in [2.24, 2.45) is 5.92 Å². The van der Waals surface area contributed by atoms with Crippen LogP contribution in [0.15, 0.2) is 0 Å². The van der Waals surface area contributed by atoms with Gasteiger partial charge in [0, 0.05) is 6.04 Å². The molecule has 4 nitrogen and oxygen atoms in total. The van der Waals surface area contributed by atoms with Crippen molar-refractivity contribution in [3.8, 4) is 0 Å². The molecule has 1 aliphatic carbocycles. The average Bonchev–Trinajstić information content (AvgIpc) is 2.41. The molecule has 0 bridgehead atoms. The lowest BCUT2D eigenvalue weighted by Gasteiger charge is -2.23. The van der Waals surface area contributed by atoms with Crippen LogP contribution in [-0.4, -0.2) is 29.4 Å². The number of imide groups is 1. The number of nitrogens with zero attached hydrogens (tertiary/aromatic N) is 1. The van der Waals surface area contributed by atoms with E-state index in [4.69, 9.17) is 0 Å². The number of carbonyl (C=O) groups is 2. The van der Waals surface area contributed by atoms with Crippen molar-refractivity contribution in [2.75, 3.05) is 6.54 Å². The van der Waals surface area contributed by atoms with Gasteiger partial charge in [-0.15, -0.1) is 0 Å². The molecule has 3 amide bonds. The molecule has 0 aromatic rings. The van der Waals surface area contributed by atoms with Crippen molar-refractivity contribution in [2.45, 2.75) is 45.1 Å². The summed E-state index contributed by atoms with van der Waals surface area (Å²) >= 11 is 0. The van der Waals surface area contributed by atoms with Gasteiger partial charge in [-0.3, -0.25) is 9.69 Å². The van der Waals surface area contributed by atoms with E-state index in [1.807, 2.05) is 0 Å². The highest BCUT2D eigenvalue weighted by atomic mass is 16.2. The standard InChI is InChI=1S/C11H18N2O2/c1-8-3-2-4-9(6-5-8)13-10(14)7-12-11(13)15/h8-9H,2-7H2,1H3,(H,12,15). The molecule has 0 radical (unpaired) electrons. The molecule has 0 aromatic heterocycles. The van der Waals surface area contributed by atoms with E-state index >= 15 is 0 Å². The Kier molecular flexibility index (Phi) is 2.93. The second-order valence-corrected chi connectivity index (χ2v) is 4.69. The zero-order valence-corrected chi connectivity index (χ0v) is 9.16. The van der Waals surface area contributed by atoms with E-state index in [1.54, 1.807) is 0 Å². The fourth-order valence-electron chi connectivity index (χ4n) is 2.53. The van der Waals surface area contributed by atoms with Gasteiger partial charge in [-0.2, -0.15) is 0 Å². The molecule has 1 heterocycles. The van der Waals surface area contributed by atoms with Gasteiger partial charge in [-0.25, -0.2) is 4.79 Å². The van der Waals surface area contributed by atoms with Crippen LogP contribution in [0.2, 0.25) is 0 Å².